The van der Waals surface area contributed by atoms with Crippen molar-refractivity contribution in [2.75, 3.05) is 43.4 Å². The number of carboxylic acids is 1. The Morgan fingerprint density at radius 3 is 2.51 bits per heavy atom. The highest BCUT2D eigenvalue weighted by Gasteiger charge is 2.46. The summed E-state index contributed by atoms with van der Waals surface area (Å²) in [6.45, 7) is 5.84. The van der Waals surface area contributed by atoms with E-state index < -0.39 is 24.3 Å². The number of hydrogen-bond acceptors (Lipinski definition) is 9. The fraction of sp³-hybridized carbons (Fsp3) is 0.469. The molecule has 250 valence electrons. The number of ether oxygens (including phenoxy) is 1. The Balaban J connectivity index is 1.28. The maximum atomic E-state index is 14.8. The van der Waals surface area contributed by atoms with Crippen LogP contribution < -0.4 is 20.7 Å². The highest BCUT2D eigenvalue weighted by Crippen LogP contribution is 2.42. The third-order valence-electron chi connectivity index (χ3n) is 9.36. The van der Waals surface area contributed by atoms with Crippen molar-refractivity contribution in [3.05, 3.63) is 59.4 Å². The zero-order chi connectivity index (χ0) is 33.5. The Morgan fingerprint density at radius 2 is 1.91 bits per heavy atom. The van der Waals surface area contributed by atoms with Crippen LogP contribution in [0.5, 0.6) is 5.88 Å². The van der Waals surface area contributed by atoms with E-state index in [2.05, 4.69) is 20.4 Å². The lowest BCUT2D eigenvalue weighted by atomic mass is 9.76. The molecule has 3 aliphatic heterocycles. The first kappa shape index (κ1) is 32.3. The van der Waals surface area contributed by atoms with Gasteiger partial charge in [-0.05, 0) is 61.3 Å². The molecule has 2 aromatic heterocycles. The second-order valence-corrected chi connectivity index (χ2v) is 12.5. The number of amides is 1. The summed E-state index contributed by atoms with van der Waals surface area (Å²) in [5.41, 5.74) is 8.13. The third-order valence-corrected chi connectivity index (χ3v) is 9.36. The van der Waals surface area contributed by atoms with Gasteiger partial charge in [0.1, 0.15) is 11.9 Å². The molecule has 15 heteroatoms. The second kappa shape index (κ2) is 12.5. The molecule has 2 fully saturated rings. The predicted molar refractivity (Wildman–Crippen MR) is 167 cm³/mol. The standard InChI is InChI=1S/C32H37F3N8O4/c1-19-5-12-43(40-19)25-15-22(21-6-10-41(11-7-21)20(2)44)3-4-23(25)28(32(33,34)35)47-27-16-26(38-30(36)39-27)42-13-8-31(9-14-42)17-24(29(45)46)37-18-31/h3-6,12,15-16,24,28,37H,7-11,13-14,17-18H2,1-2H3,(H,45,46)(H2,36,38,39)/t24-,28?/m0/s1. The molecule has 47 heavy (non-hydrogen) atoms. The van der Waals surface area contributed by atoms with Gasteiger partial charge in [-0.25, -0.2) is 4.68 Å². The van der Waals surface area contributed by atoms with Gasteiger partial charge in [-0.1, -0.05) is 18.2 Å². The summed E-state index contributed by atoms with van der Waals surface area (Å²) in [5, 5.41) is 16.9. The average molecular weight is 655 g/mol. The maximum Gasteiger partial charge on any atom is 0.429 e. The summed E-state index contributed by atoms with van der Waals surface area (Å²) in [6, 6.07) is 7.16. The molecule has 1 amide bonds. The fourth-order valence-corrected chi connectivity index (χ4v) is 6.69. The van der Waals surface area contributed by atoms with E-state index in [0.717, 1.165) is 11.1 Å². The topological polar surface area (TPSA) is 152 Å². The number of nitrogen functional groups attached to an aromatic ring is 1. The van der Waals surface area contributed by atoms with E-state index in [-0.39, 0.29) is 34.4 Å². The van der Waals surface area contributed by atoms with Gasteiger partial charge in [0.25, 0.3) is 0 Å². The summed E-state index contributed by atoms with van der Waals surface area (Å²) in [4.78, 5) is 35.1. The molecule has 4 N–H and O–H groups in total. The molecular weight excluding hydrogens is 617 g/mol. The van der Waals surface area contributed by atoms with Crippen LogP contribution in [0.15, 0.2) is 42.6 Å². The number of piperidine rings is 1. The minimum Gasteiger partial charge on any atom is -0.480 e. The summed E-state index contributed by atoms with van der Waals surface area (Å²) in [6.07, 6.45) is -1.26. The highest BCUT2D eigenvalue weighted by atomic mass is 19.4. The van der Waals surface area contributed by atoms with Crippen molar-refractivity contribution in [3.63, 3.8) is 0 Å². The first-order valence-electron chi connectivity index (χ1n) is 15.5. The third kappa shape index (κ3) is 6.89. The van der Waals surface area contributed by atoms with Crippen LogP contribution in [-0.2, 0) is 9.59 Å². The Hall–Kier alpha value is -4.66. The summed E-state index contributed by atoms with van der Waals surface area (Å²) < 4.78 is 51.6. The van der Waals surface area contributed by atoms with Crippen LogP contribution >= 0.6 is 0 Å². The molecule has 3 aromatic rings. The van der Waals surface area contributed by atoms with E-state index in [1.807, 2.05) is 11.0 Å². The molecule has 2 atom stereocenters. The largest absolute Gasteiger partial charge is 0.480 e. The van der Waals surface area contributed by atoms with E-state index >= 15 is 0 Å². The quantitative estimate of drug-likeness (QED) is 0.342. The Labute approximate surface area is 269 Å². The lowest BCUT2D eigenvalue weighted by Crippen LogP contribution is -2.41. The molecule has 0 saturated carbocycles. The van der Waals surface area contributed by atoms with Gasteiger partial charge in [0.15, 0.2) is 0 Å². The van der Waals surface area contributed by atoms with Gasteiger partial charge in [-0.3, -0.25) is 9.59 Å². The molecule has 3 aliphatic rings. The first-order chi connectivity index (χ1) is 22.3. The number of anilines is 2. The average Bonchev–Trinajstić information content (AvgIpc) is 3.66. The highest BCUT2D eigenvalue weighted by molar-refractivity contribution is 5.76. The van der Waals surface area contributed by atoms with Crippen LogP contribution in [0, 0.1) is 12.3 Å². The van der Waals surface area contributed by atoms with Gasteiger partial charge < -0.3 is 30.7 Å². The van der Waals surface area contributed by atoms with Gasteiger partial charge in [0.05, 0.1) is 11.4 Å². The zero-order valence-electron chi connectivity index (χ0n) is 26.1. The molecule has 1 unspecified atom stereocenters. The van der Waals surface area contributed by atoms with Gasteiger partial charge in [0.2, 0.25) is 23.8 Å². The van der Waals surface area contributed by atoms with Crippen LogP contribution in [-0.4, -0.2) is 86.6 Å². The first-order valence-corrected chi connectivity index (χ1v) is 15.5. The van der Waals surface area contributed by atoms with Crippen molar-refractivity contribution in [2.45, 2.75) is 57.9 Å². The number of alkyl halides is 3. The van der Waals surface area contributed by atoms with Crippen molar-refractivity contribution in [2.24, 2.45) is 5.41 Å². The Kier molecular flexibility index (Phi) is 8.59. The second-order valence-electron chi connectivity index (χ2n) is 12.5. The lowest BCUT2D eigenvalue weighted by molar-refractivity contribution is -0.198. The van der Waals surface area contributed by atoms with Gasteiger partial charge >= 0.3 is 12.1 Å². The number of hydrogen-bond donors (Lipinski definition) is 3. The number of nitrogens with one attached hydrogen (secondary N) is 1. The molecule has 0 aliphatic carbocycles. The van der Waals surface area contributed by atoms with Gasteiger partial charge in [-0.2, -0.15) is 28.2 Å². The van der Waals surface area contributed by atoms with Crippen molar-refractivity contribution >= 4 is 29.2 Å². The fourth-order valence-electron chi connectivity index (χ4n) is 6.69. The maximum absolute atomic E-state index is 14.8. The SMILES string of the molecule is CC(=O)N1CC=C(c2ccc(C(Oc3cc(N4CCC5(CC4)CN[C@H](C(=O)O)C5)nc(N)n3)C(F)(F)F)c(-n3ccc(C)n3)c2)CC1. The molecular formula is C32H37F3N8O4. The minimum absolute atomic E-state index is 0.0359. The van der Waals surface area contributed by atoms with Crippen molar-refractivity contribution in [1.82, 2.24) is 30.0 Å². The van der Waals surface area contributed by atoms with Crippen LogP contribution in [0.1, 0.15) is 55.5 Å². The molecule has 1 aromatic carbocycles. The van der Waals surface area contributed by atoms with Crippen molar-refractivity contribution < 1.29 is 32.6 Å². The van der Waals surface area contributed by atoms with E-state index in [4.69, 9.17) is 10.5 Å². The van der Waals surface area contributed by atoms with Crippen molar-refractivity contribution in [3.8, 4) is 11.6 Å². The van der Waals surface area contributed by atoms with Crippen LogP contribution in [0.3, 0.4) is 0 Å². The van der Waals surface area contributed by atoms with Crippen LogP contribution in [0.4, 0.5) is 24.9 Å². The summed E-state index contributed by atoms with van der Waals surface area (Å²) in [7, 11) is 0. The summed E-state index contributed by atoms with van der Waals surface area (Å²) in [5.74, 6) is -1.12. The normalized spacial score (nSPS) is 20.3. The number of carbonyl (C=O) groups is 2. The number of nitrogens with two attached hydrogens (primary N) is 1. The molecule has 12 nitrogen and oxygen atoms in total. The predicted octanol–water partition coefficient (Wildman–Crippen LogP) is 3.90. The van der Waals surface area contributed by atoms with E-state index in [1.54, 1.807) is 36.2 Å². The number of aryl methyl sites for hydroxylation is 1. The molecule has 2 saturated heterocycles. The number of aromatic nitrogens is 4. The number of aliphatic carboxylic acids is 1. The number of benzene rings is 1. The van der Waals surface area contributed by atoms with E-state index in [0.29, 0.717) is 69.9 Å². The Morgan fingerprint density at radius 1 is 1.15 bits per heavy atom. The molecule has 5 heterocycles. The smallest absolute Gasteiger partial charge is 0.429 e. The molecule has 1 spiro atoms. The van der Waals surface area contributed by atoms with Crippen molar-refractivity contribution in [1.29, 1.82) is 0 Å². The molecule has 6 rings (SSSR count). The molecule has 0 radical (unpaired) electrons. The van der Waals surface area contributed by atoms with E-state index in [9.17, 15) is 27.9 Å². The van der Waals surface area contributed by atoms with E-state index in [1.165, 1.54) is 23.7 Å². The number of rotatable bonds is 7. The number of nitrogens with zero attached hydrogens (tertiary/aromatic N) is 6. The minimum atomic E-state index is -4.84. The Bertz CT molecular complexity index is 1700. The van der Waals surface area contributed by atoms with Crippen LogP contribution in [0.25, 0.3) is 11.3 Å². The monoisotopic (exact) mass is 654 g/mol. The number of carbonyl (C=O) groups excluding carboxylic acids is 1. The summed E-state index contributed by atoms with van der Waals surface area (Å²) >= 11 is 0. The van der Waals surface area contributed by atoms with Gasteiger partial charge in [-0.15, -0.1) is 0 Å². The number of halogens is 3. The molecule has 0 bridgehead atoms. The number of carboxylic acid groups (broad SMARTS) is 1. The zero-order valence-corrected chi connectivity index (χ0v) is 26.1. The van der Waals surface area contributed by atoms with Crippen LogP contribution in [0.2, 0.25) is 0 Å². The van der Waals surface area contributed by atoms with Gasteiger partial charge in [0, 0.05) is 57.5 Å². The lowest BCUT2D eigenvalue weighted by Gasteiger charge is -2.39.